The summed E-state index contributed by atoms with van der Waals surface area (Å²) >= 11 is 4.71. The number of aromatic nitrogens is 2. The molecule has 0 spiro atoms. The molecule has 3 rings (SSSR count). The zero-order valence-electron chi connectivity index (χ0n) is 10.8. The van der Waals surface area contributed by atoms with Crippen molar-refractivity contribution in [3.05, 3.63) is 32.5 Å². The number of nitriles is 1. The molecule has 1 aliphatic rings. The Morgan fingerprint density at radius 3 is 2.81 bits per heavy atom. The highest BCUT2D eigenvalue weighted by Crippen LogP contribution is 2.41. The van der Waals surface area contributed by atoms with E-state index in [0.29, 0.717) is 32.4 Å². The van der Waals surface area contributed by atoms with E-state index in [1.165, 1.54) is 11.8 Å². The molecule has 0 atom stereocenters. The summed E-state index contributed by atoms with van der Waals surface area (Å²) in [7, 11) is 0. The molecule has 0 saturated heterocycles. The van der Waals surface area contributed by atoms with Crippen LogP contribution in [0.3, 0.4) is 0 Å². The number of benzene rings is 1. The average molecular weight is 366 g/mol. The van der Waals surface area contributed by atoms with E-state index < -0.39 is 5.56 Å². The molecule has 8 heteroatoms. The summed E-state index contributed by atoms with van der Waals surface area (Å²) in [5.41, 5.74) is 0.428. The largest absolute Gasteiger partial charge is 0.454 e. The third-order valence-corrected chi connectivity index (χ3v) is 4.16. The number of nitrogens with one attached hydrogen (secondary N) is 1. The van der Waals surface area contributed by atoms with Crippen LogP contribution >= 0.6 is 27.7 Å². The lowest BCUT2D eigenvalue weighted by Crippen LogP contribution is -2.14. The molecule has 1 aromatic carbocycles. The number of nitrogens with zero attached hydrogens (tertiary/aromatic N) is 2. The van der Waals surface area contributed by atoms with Crippen LogP contribution in [0.2, 0.25) is 0 Å². The van der Waals surface area contributed by atoms with Crippen molar-refractivity contribution in [1.29, 1.82) is 5.26 Å². The van der Waals surface area contributed by atoms with Gasteiger partial charge in [-0.15, -0.1) is 0 Å². The zero-order chi connectivity index (χ0) is 15.0. The topological polar surface area (TPSA) is 88.0 Å². The molecule has 1 N–H and O–H groups in total. The number of thioether (sulfide) groups is 1. The van der Waals surface area contributed by atoms with E-state index in [0.717, 1.165) is 0 Å². The van der Waals surface area contributed by atoms with E-state index in [1.54, 1.807) is 18.4 Å². The third-order valence-electron chi connectivity index (χ3n) is 2.92. The summed E-state index contributed by atoms with van der Waals surface area (Å²) in [4.78, 5) is 18.9. The van der Waals surface area contributed by atoms with Crippen molar-refractivity contribution in [3.63, 3.8) is 0 Å². The van der Waals surface area contributed by atoms with E-state index in [4.69, 9.17) is 9.47 Å². The molecule has 1 aliphatic heterocycles. The van der Waals surface area contributed by atoms with Crippen molar-refractivity contribution in [2.75, 3.05) is 13.0 Å². The van der Waals surface area contributed by atoms with Crippen molar-refractivity contribution < 1.29 is 9.47 Å². The Bertz CT molecular complexity index is 829. The molecule has 2 heterocycles. The Morgan fingerprint density at radius 1 is 1.43 bits per heavy atom. The molecule has 0 amide bonds. The maximum Gasteiger partial charge on any atom is 0.270 e. The number of hydrogen-bond donors (Lipinski definition) is 1. The quantitative estimate of drug-likeness (QED) is 0.649. The first-order valence-electron chi connectivity index (χ1n) is 5.82. The second-order valence-electron chi connectivity index (χ2n) is 4.10. The standard InChI is InChI=1S/C13H8BrN3O3S/c1-21-13-16-11(7(4-15)12(18)17-13)6-2-9-10(3-8(6)14)20-5-19-9/h2-3H,5H2,1H3,(H,16,17,18). The lowest BCUT2D eigenvalue weighted by molar-refractivity contribution is 0.174. The minimum absolute atomic E-state index is 0.0348. The highest BCUT2D eigenvalue weighted by atomic mass is 79.9. The predicted octanol–water partition coefficient (Wildman–Crippen LogP) is 2.52. The van der Waals surface area contributed by atoms with Crippen LogP contribution in [0.5, 0.6) is 11.5 Å². The van der Waals surface area contributed by atoms with Gasteiger partial charge in [-0.25, -0.2) is 4.98 Å². The van der Waals surface area contributed by atoms with Crippen LogP contribution in [0.25, 0.3) is 11.3 Å². The maximum atomic E-state index is 12.0. The smallest absolute Gasteiger partial charge is 0.270 e. The minimum atomic E-state index is -0.462. The fraction of sp³-hybridized carbons (Fsp3) is 0.154. The summed E-state index contributed by atoms with van der Waals surface area (Å²) in [5, 5.41) is 9.66. The molecule has 0 aliphatic carbocycles. The summed E-state index contributed by atoms with van der Waals surface area (Å²) in [5.74, 6) is 1.17. The van der Waals surface area contributed by atoms with Crippen molar-refractivity contribution in [2.24, 2.45) is 0 Å². The average Bonchev–Trinajstić information content (AvgIpc) is 2.92. The fourth-order valence-electron chi connectivity index (χ4n) is 1.95. The van der Waals surface area contributed by atoms with Gasteiger partial charge in [-0.2, -0.15) is 5.26 Å². The van der Waals surface area contributed by atoms with E-state index in [2.05, 4.69) is 25.9 Å². The van der Waals surface area contributed by atoms with Crippen LogP contribution in [0.15, 0.2) is 26.6 Å². The Kier molecular flexibility index (Phi) is 3.61. The second-order valence-corrected chi connectivity index (χ2v) is 5.75. The Labute approximate surface area is 132 Å². The number of H-pyrrole nitrogens is 1. The van der Waals surface area contributed by atoms with E-state index in [9.17, 15) is 10.1 Å². The first-order valence-corrected chi connectivity index (χ1v) is 7.83. The molecule has 2 aromatic rings. The van der Waals surface area contributed by atoms with Gasteiger partial charge in [0.25, 0.3) is 5.56 Å². The monoisotopic (exact) mass is 365 g/mol. The number of rotatable bonds is 2. The first kappa shape index (κ1) is 14.0. The molecular weight excluding hydrogens is 358 g/mol. The molecule has 1 aromatic heterocycles. The fourth-order valence-corrected chi connectivity index (χ4v) is 2.83. The van der Waals surface area contributed by atoms with Crippen LogP contribution in [0, 0.1) is 11.3 Å². The molecule has 6 nitrogen and oxygen atoms in total. The molecule has 0 saturated carbocycles. The lowest BCUT2D eigenvalue weighted by Gasteiger charge is -2.08. The molecule has 0 bridgehead atoms. The SMILES string of the molecule is CSc1nc(-c2cc3c(cc2Br)OCO3)c(C#N)c(=O)[nH]1. The van der Waals surface area contributed by atoms with Gasteiger partial charge in [0.15, 0.2) is 16.7 Å². The number of ether oxygens (including phenoxy) is 2. The summed E-state index contributed by atoms with van der Waals surface area (Å²) in [6, 6.07) is 5.34. The normalized spacial score (nSPS) is 12.2. The summed E-state index contributed by atoms with van der Waals surface area (Å²) in [6.45, 7) is 0.148. The minimum Gasteiger partial charge on any atom is -0.454 e. The number of halogens is 1. The first-order chi connectivity index (χ1) is 10.1. The summed E-state index contributed by atoms with van der Waals surface area (Å²) < 4.78 is 11.3. The van der Waals surface area contributed by atoms with Gasteiger partial charge >= 0.3 is 0 Å². The number of aromatic amines is 1. The van der Waals surface area contributed by atoms with E-state index >= 15 is 0 Å². The molecule has 21 heavy (non-hydrogen) atoms. The van der Waals surface area contributed by atoms with Crippen molar-refractivity contribution in [2.45, 2.75) is 5.16 Å². The van der Waals surface area contributed by atoms with Crippen LogP contribution in [-0.4, -0.2) is 23.0 Å². The van der Waals surface area contributed by atoms with Crippen LogP contribution in [-0.2, 0) is 0 Å². The van der Waals surface area contributed by atoms with Gasteiger partial charge in [0, 0.05) is 10.0 Å². The van der Waals surface area contributed by atoms with Gasteiger partial charge in [-0.3, -0.25) is 4.79 Å². The molecule has 0 radical (unpaired) electrons. The number of fused-ring (bicyclic) bond motifs is 1. The highest BCUT2D eigenvalue weighted by molar-refractivity contribution is 9.10. The third kappa shape index (κ3) is 2.39. The molecule has 0 unspecified atom stereocenters. The Balaban J connectivity index is 2.28. The van der Waals surface area contributed by atoms with Crippen molar-refractivity contribution in [1.82, 2.24) is 9.97 Å². The zero-order valence-corrected chi connectivity index (χ0v) is 13.2. The van der Waals surface area contributed by atoms with Crippen LogP contribution < -0.4 is 15.0 Å². The van der Waals surface area contributed by atoms with Gasteiger partial charge in [-0.1, -0.05) is 11.8 Å². The Hall–Kier alpha value is -1.98. The van der Waals surface area contributed by atoms with Gasteiger partial charge in [0.1, 0.15) is 11.6 Å². The maximum absolute atomic E-state index is 12.0. The van der Waals surface area contributed by atoms with E-state index in [1.807, 2.05) is 6.07 Å². The molecule has 106 valence electrons. The Morgan fingerprint density at radius 2 is 2.14 bits per heavy atom. The van der Waals surface area contributed by atoms with Crippen LogP contribution in [0.4, 0.5) is 0 Å². The van der Waals surface area contributed by atoms with Gasteiger partial charge in [0.2, 0.25) is 6.79 Å². The molecular formula is C13H8BrN3O3S. The highest BCUT2D eigenvalue weighted by Gasteiger charge is 2.21. The summed E-state index contributed by atoms with van der Waals surface area (Å²) in [6.07, 6.45) is 1.79. The lowest BCUT2D eigenvalue weighted by atomic mass is 10.1. The van der Waals surface area contributed by atoms with Crippen molar-refractivity contribution in [3.8, 4) is 28.8 Å². The van der Waals surface area contributed by atoms with Crippen molar-refractivity contribution >= 4 is 27.7 Å². The molecule has 0 fully saturated rings. The van der Waals surface area contributed by atoms with E-state index in [-0.39, 0.29) is 12.4 Å². The number of hydrogen-bond acceptors (Lipinski definition) is 6. The van der Waals surface area contributed by atoms with Gasteiger partial charge < -0.3 is 14.5 Å². The predicted molar refractivity (Wildman–Crippen MR) is 80.6 cm³/mol. The van der Waals surface area contributed by atoms with Gasteiger partial charge in [0.05, 0.1) is 5.69 Å². The van der Waals surface area contributed by atoms with Crippen LogP contribution in [0.1, 0.15) is 5.56 Å². The van der Waals surface area contributed by atoms with Gasteiger partial charge in [-0.05, 0) is 34.3 Å². The second kappa shape index (κ2) is 5.42.